The lowest BCUT2D eigenvalue weighted by Gasteiger charge is -2.12. The van der Waals surface area contributed by atoms with Gasteiger partial charge in [0, 0.05) is 14.1 Å². The summed E-state index contributed by atoms with van der Waals surface area (Å²) >= 11 is 5.64. The van der Waals surface area contributed by atoms with Crippen LogP contribution < -0.4 is 0 Å². The number of rotatable bonds is 3. The molecule has 1 aromatic carbocycles. The zero-order valence-electron chi connectivity index (χ0n) is 10.0. The highest BCUT2D eigenvalue weighted by atomic mass is 35.5. The van der Waals surface area contributed by atoms with Gasteiger partial charge in [0.15, 0.2) is 0 Å². The Morgan fingerprint density at radius 2 is 1.82 bits per heavy atom. The molecule has 0 aliphatic heterocycles. The van der Waals surface area contributed by atoms with Crippen molar-refractivity contribution in [1.82, 2.24) is 4.90 Å². The van der Waals surface area contributed by atoms with Gasteiger partial charge in [-0.1, -0.05) is 17.7 Å². The summed E-state index contributed by atoms with van der Waals surface area (Å²) in [5.41, 5.74) is 0.998. The van der Waals surface area contributed by atoms with E-state index in [0.717, 1.165) is 5.56 Å². The molecule has 0 heterocycles. The zero-order valence-corrected chi connectivity index (χ0v) is 11.6. The summed E-state index contributed by atoms with van der Waals surface area (Å²) in [7, 11) is -0.271. The average molecular weight is 275 g/mol. The Labute approximate surface area is 107 Å². The van der Waals surface area contributed by atoms with Crippen LogP contribution in [-0.4, -0.2) is 39.1 Å². The Morgan fingerprint density at radius 1 is 1.29 bits per heavy atom. The van der Waals surface area contributed by atoms with E-state index in [1.165, 1.54) is 12.1 Å². The third-order valence-electron chi connectivity index (χ3n) is 2.18. The lowest BCUT2D eigenvalue weighted by molar-refractivity contribution is 0.591. The molecule has 0 spiro atoms. The summed E-state index contributed by atoms with van der Waals surface area (Å²) in [6.45, 7) is 1.89. The van der Waals surface area contributed by atoms with Crippen LogP contribution in [0.25, 0.3) is 0 Å². The molecule has 17 heavy (non-hydrogen) atoms. The van der Waals surface area contributed by atoms with Crippen LogP contribution >= 0.6 is 11.6 Å². The standard InChI is InChI=1S/C11H15ClN2O2S/c1-9-4-6-10(7-5-9)17(15,16)13-11(8-12)14(2)3/h4-7H,8H2,1-3H3/b13-11-. The van der Waals surface area contributed by atoms with Crippen molar-refractivity contribution in [3.8, 4) is 0 Å². The van der Waals surface area contributed by atoms with Crippen molar-refractivity contribution >= 4 is 27.5 Å². The maximum atomic E-state index is 11.9. The third kappa shape index (κ3) is 3.71. The maximum absolute atomic E-state index is 11.9. The molecule has 0 aromatic heterocycles. The molecule has 0 atom stereocenters. The molecule has 0 N–H and O–H groups in total. The van der Waals surface area contributed by atoms with Crippen LogP contribution in [0.2, 0.25) is 0 Å². The van der Waals surface area contributed by atoms with Gasteiger partial charge < -0.3 is 4.90 Å². The van der Waals surface area contributed by atoms with E-state index in [9.17, 15) is 8.42 Å². The van der Waals surface area contributed by atoms with Gasteiger partial charge in [0.2, 0.25) is 0 Å². The number of aryl methyl sites for hydroxylation is 1. The van der Waals surface area contributed by atoms with Crippen LogP contribution in [0.4, 0.5) is 0 Å². The van der Waals surface area contributed by atoms with E-state index in [-0.39, 0.29) is 10.8 Å². The van der Waals surface area contributed by atoms with E-state index in [0.29, 0.717) is 5.84 Å². The molecule has 94 valence electrons. The predicted octanol–water partition coefficient (Wildman–Crippen LogP) is 1.88. The van der Waals surface area contributed by atoms with Crippen molar-refractivity contribution in [1.29, 1.82) is 0 Å². The number of halogens is 1. The van der Waals surface area contributed by atoms with Crippen LogP contribution in [0.15, 0.2) is 33.6 Å². The van der Waals surface area contributed by atoms with Crippen LogP contribution in [0.3, 0.4) is 0 Å². The summed E-state index contributed by atoms with van der Waals surface area (Å²) in [5.74, 6) is 0.366. The first-order valence-corrected chi connectivity index (χ1v) is 6.98. The van der Waals surface area contributed by atoms with Gasteiger partial charge in [-0.15, -0.1) is 16.0 Å². The van der Waals surface area contributed by atoms with Crippen LogP contribution in [0.5, 0.6) is 0 Å². The van der Waals surface area contributed by atoms with E-state index in [1.807, 2.05) is 6.92 Å². The molecule has 0 aliphatic rings. The minimum Gasteiger partial charge on any atom is -0.364 e. The Kier molecular flexibility index (Phi) is 4.54. The first-order valence-electron chi connectivity index (χ1n) is 5.00. The number of nitrogens with zero attached hydrogens (tertiary/aromatic N) is 2. The lowest BCUT2D eigenvalue weighted by Crippen LogP contribution is -2.24. The zero-order chi connectivity index (χ0) is 13.1. The van der Waals surface area contributed by atoms with Crippen LogP contribution in [0.1, 0.15) is 5.56 Å². The SMILES string of the molecule is Cc1ccc(S(=O)(=O)/N=C(/CCl)N(C)C)cc1. The molecule has 0 radical (unpaired) electrons. The molecule has 0 unspecified atom stereocenters. The summed E-state index contributed by atoms with van der Waals surface area (Å²) in [6.07, 6.45) is 0. The highest BCUT2D eigenvalue weighted by Crippen LogP contribution is 2.13. The molecule has 1 aromatic rings. The highest BCUT2D eigenvalue weighted by Gasteiger charge is 2.14. The Morgan fingerprint density at radius 3 is 2.24 bits per heavy atom. The fourth-order valence-electron chi connectivity index (χ4n) is 1.13. The van der Waals surface area contributed by atoms with Gasteiger partial charge in [-0.3, -0.25) is 0 Å². The second-order valence-electron chi connectivity index (χ2n) is 3.82. The largest absolute Gasteiger partial charge is 0.364 e. The average Bonchev–Trinajstić information content (AvgIpc) is 2.26. The Balaban J connectivity index is 3.16. The topological polar surface area (TPSA) is 49.7 Å². The smallest absolute Gasteiger partial charge is 0.283 e. The Hall–Kier alpha value is -1.07. The molecule has 0 bridgehead atoms. The van der Waals surface area contributed by atoms with Gasteiger partial charge in [-0.2, -0.15) is 8.42 Å². The van der Waals surface area contributed by atoms with E-state index in [2.05, 4.69) is 4.40 Å². The first-order chi connectivity index (χ1) is 7.86. The fourth-order valence-corrected chi connectivity index (χ4v) is 2.59. The summed E-state index contributed by atoms with van der Waals surface area (Å²) in [6, 6.07) is 6.54. The predicted molar refractivity (Wildman–Crippen MR) is 70.2 cm³/mol. The first kappa shape index (κ1) is 14.0. The van der Waals surface area contributed by atoms with Crippen molar-refractivity contribution in [2.75, 3.05) is 20.0 Å². The van der Waals surface area contributed by atoms with Crippen molar-refractivity contribution in [2.24, 2.45) is 4.40 Å². The number of benzene rings is 1. The fraction of sp³-hybridized carbons (Fsp3) is 0.364. The van der Waals surface area contributed by atoms with Gasteiger partial charge >= 0.3 is 0 Å². The maximum Gasteiger partial charge on any atom is 0.283 e. The quantitative estimate of drug-likeness (QED) is 0.480. The summed E-state index contributed by atoms with van der Waals surface area (Å²) in [5, 5.41) is 0. The van der Waals surface area contributed by atoms with E-state index in [4.69, 9.17) is 11.6 Å². The molecule has 6 heteroatoms. The third-order valence-corrected chi connectivity index (χ3v) is 3.74. The molecule has 0 fully saturated rings. The van der Waals surface area contributed by atoms with Crippen molar-refractivity contribution in [3.63, 3.8) is 0 Å². The number of alkyl halides is 1. The number of hydrogen-bond acceptors (Lipinski definition) is 2. The van der Waals surface area contributed by atoms with Gasteiger partial charge in [-0.05, 0) is 19.1 Å². The molecule has 0 aliphatic carbocycles. The minimum atomic E-state index is -3.67. The van der Waals surface area contributed by atoms with Gasteiger partial charge in [0.1, 0.15) is 5.84 Å². The molecule has 4 nitrogen and oxygen atoms in total. The van der Waals surface area contributed by atoms with E-state index < -0.39 is 10.0 Å². The highest BCUT2D eigenvalue weighted by molar-refractivity contribution is 7.90. The van der Waals surface area contributed by atoms with Gasteiger partial charge in [0.05, 0.1) is 10.8 Å². The minimum absolute atomic E-state index is 0.0537. The molecular weight excluding hydrogens is 260 g/mol. The van der Waals surface area contributed by atoms with Crippen molar-refractivity contribution in [3.05, 3.63) is 29.8 Å². The molecule has 0 amide bonds. The van der Waals surface area contributed by atoms with Crippen molar-refractivity contribution in [2.45, 2.75) is 11.8 Å². The second kappa shape index (κ2) is 5.51. The summed E-state index contributed by atoms with van der Waals surface area (Å²) < 4.78 is 27.6. The molecule has 0 saturated heterocycles. The number of hydrogen-bond donors (Lipinski definition) is 0. The van der Waals surface area contributed by atoms with Crippen LogP contribution in [-0.2, 0) is 10.0 Å². The van der Waals surface area contributed by atoms with Gasteiger partial charge in [0.25, 0.3) is 10.0 Å². The monoisotopic (exact) mass is 274 g/mol. The lowest BCUT2D eigenvalue weighted by atomic mass is 10.2. The number of amidine groups is 1. The van der Waals surface area contributed by atoms with Gasteiger partial charge in [-0.25, -0.2) is 0 Å². The molecular formula is C11H15ClN2O2S. The molecule has 1 rings (SSSR count). The van der Waals surface area contributed by atoms with E-state index >= 15 is 0 Å². The van der Waals surface area contributed by atoms with Crippen LogP contribution in [0, 0.1) is 6.92 Å². The van der Waals surface area contributed by atoms with Crippen molar-refractivity contribution < 1.29 is 8.42 Å². The second-order valence-corrected chi connectivity index (χ2v) is 5.70. The normalized spacial score (nSPS) is 12.6. The number of sulfonamides is 1. The van der Waals surface area contributed by atoms with E-state index in [1.54, 1.807) is 31.1 Å². The molecule has 0 saturated carbocycles. The summed E-state index contributed by atoms with van der Waals surface area (Å²) in [4.78, 5) is 1.76. The Bertz CT molecular complexity index is 507.